The lowest BCUT2D eigenvalue weighted by Crippen LogP contribution is -2.40. The normalized spacial score (nSPS) is 11.9. The number of nitro groups is 1. The van der Waals surface area contributed by atoms with Gasteiger partial charge >= 0.3 is 0 Å². The van der Waals surface area contributed by atoms with Crippen LogP contribution in [-0.4, -0.2) is 24.8 Å². The van der Waals surface area contributed by atoms with Crippen molar-refractivity contribution >= 4 is 38.9 Å². The minimum absolute atomic E-state index is 0.0351. The second kappa shape index (κ2) is 7.63. The Morgan fingerprint density at radius 2 is 1.70 bits per heavy atom. The molecule has 10 heteroatoms. The number of halogens is 1. The number of carbonyl (C=O) groups is 1. The van der Waals surface area contributed by atoms with Crippen LogP contribution < -0.4 is 10.0 Å². The summed E-state index contributed by atoms with van der Waals surface area (Å²) in [6.07, 6.45) is 0. The van der Waals surface area contributed by atoms with Gasteiger partial charge in [-0.3, -0.25) is 14.9 Å². The van der Waals surface area contributed by atoms with Gasteiger partial charge in [0.05, 0.1) is 9.82 Å². The van der Waals surface area contributed by atoms with Gasteiger partial charge in [0, 0.05) is 22.3 Å². The molecule has 0 aromatic heterocycles. The third kappa shape index (κ3) is 5.49. The Morgan fingerprint density at radius 3 is 2.22 bits per heavy atom. The average molecular weight is 412 g/mol. The van der Waals surface area contributed by atoms with Gasteiger partial charge in [0.2, 0.25) is 10.0 Å². The van der Waals surface area contributed by atoms with E-state index in [4.69, 9.17) is 11.6 Å². The summed E-state index contributed by atoms with van der Waals surface area (Å²) < 4.78 is 27.1. The van der Waals surface area contributed by atoms with Gasteiger partial charge in [-0.25, -0.2) is 13.1 Å². The molecule has 144 valence electrons. The Kier molecular flexibility index (Phi) is 5.88. The van der Waals surface area contributed by atoms with Crippen molar-refractivity contribution in [1.82, 2.24) is 4.72 Å². The molecule has 1 amide bonds. The smallest absolute Gasteiger partial charge is 0.283 e. The van der Waals surface area contributed by atoms with Crippen molar-refractivity contribution in [1.29, 1.82) is 0 Å². The van der Waals surface area contributed by atoms with Crippen molar-refractivity contribution in [2.75, 3.05) is 5.32 Å². The van der Waals surface area contributed by atoms with Crippen LogP contribution in [0.25, 0.3) is 0 Å². The maximum absolute atomic E-state index is 12.3. The summed E-state index contributed by atoms with van der Waals surface area (Å²) in [5, 5.41) is 13.7. The number of benzene rings is 2. The number of carbonyl (C=O) groups excluding carboxylic acids is 1. The first-order chi connectivity index (χ1) is 12.4. The Labute approximate surface area is 161 Å². The number of hydrogen-bond acceptors (Lipinski definition) is 5. The number of rotatable bonds is 5. The number of nitrogens with one attached hydrogen (secondary N) is 2. The van der Waals surface area contributed by atoms with Crippen molar-refractivity contribution in [3.8, 4) is 0 Å². The first-order valence-corrected chi connectivity index (χ1v) is 9.64. The highest BCUT2D eigenvalue weighted by atomic mass is 35.5. The Morgan fingerprint density at radius 1 is 1.11 bits per heavy atom. The summed E-state index contributed by atoms with van der Waals surface area (Å²) in [6.45, 7) is 5.16. The molecule has 2 N–H and O–H groups in total. The van der Waals surface area contributed by atoms with E-state index in [-0.39, 0.29) is 15.5 Å². The molecule has 0 aliphatic carbocycles. The van der Waals surface area contributed by atoms with E-state index in [0.717, 1.165) is 6.07 Å². The fraction of sp³-hybridized carbons (Fsp3) is 0.235. The predicted molar refractivity (Wildman–Crippen MR) is 103 cm³/mol. The van der Waals surface area contributed by atoms with Gasteiger partial charge in [-0.15, -0.1) is 0 Å². The van der Waals surface area contributed by atoms with Crippen molar-refractivity contribution in [3.05, 3.63) is 63.2 Å². The lowest BCUT2D eigenvalue weighted by Gasteiger charge is -2.20. The van der Waals surface area contributed by atoms with Crippen LogP contribution in [0.5, 0.6) is 0 Å². The van der Waals surface area contributed by atoms with Crippen LogP contribution in [0.1, 0.15) is 31.1 Å². The molecule has 2 aromatic rings. The highest BCUT2D eigenvalue weighted by molar-refractivity contribution is 7.89. The zero-order valence-corrected chi connectivity index (χ0v) is 16.4. The maximum atomic E-state index is 12.3. The first-order valence-electron chi connectivity index (χ1n) is 7.78. The predicted octanol–water partition coefficient (Wildman–Crippen LogP) is 3.58. The van der Waals surface area contributed by atoms with Crippen LogP contribution in [0.4, 0.5) is 11.4 Å². The molecular weight excluding hydrogens is 394 g/mol. The standard InChI is InChI=1S/C17H18ClN3O5S/c1-17(2,3)20-27(25,26)13-7-5-12(6-8-13)19-16(22)14-9-4-11(18)10-15(14)21(23)24/h4-10,20H,1-3H3,(H,19,22). The molecule has 0 saturated heterocycles. The fourth-order valence-corrected chi connectivity index (χ4v) is 3.81. The molecule has 0 aliphatic rings. The van der Waals surface area contributed by atoms with E-state index in [1.54, 1.807) is 20.8 Å². The lowest BCUT2D eigenvalue weighted by molar-refractivity contribution is -0.385. The molecule has 0 heterocycles. The molecule has 27 heavy (non-hydrogen) atoms. The second-order valence-corrected chi connectivity index (χ2v) is 8.87. The van der Waals surface area contributed by atoms with E-state index in [1.165, 1.54) is 36.4 Å². The number of hydrogen-bond donors (Lipinski definition) is 2. The zero-order valence-electron chi connectivity index (χ0n) is 14.8. The molecule has 0 bridgehead atoms. The summed E-state index contributed by atoms with van der Waals surface area (Å²) in [4.78, 5) is 22.8. The topological polar surface area (TPSA) is 118 Å². The van der Waals surface area contributed by atoms with Crippen LogP contribution >= 0.6 is 11.6 Å². The van der Waals surface area contributed by atoms with E-state index >= 15 is 0 Å². The van der Waals surface area contributed by atoms with E-state index in [9.17, 15) is 23.3 Å². The average Bonchev–Trinajstić information content (AvgIpc) is 2.52. The van der Waals surface area contributed by atoms with Crippen molar-refractivity contribution in [2.24, 2.45) is 0 Å². The van der Waals surface area contributed by atoms with Crippen LogP contribution in [-0.2, 0) is 10.0 Å². The van der Waals surface area contributed by atoms with Gasteiger partial charge in [0.25, 0.3) is 11.6 Å². The van der Waals surface area contributed by atoms with Crippen LogP contribution in [0.2, 0.25) is 5.02 Å². The highest BCUT2D eigenvalue weighted by Crippen LogP contribution is 2.24. The minimum atomic E-state index is -3.70. The molecule has 2 rings (SSSR count). The number of nitrogens with zero attached hydrogens (tertiary/aromatic N) is 1. The van der Waals surface area contributed by atoms with E-state index in [0.29, 0.717) is 5.69 Å². The molecule has 8 nitrogen and oxygen atoms in total. The van der Waals surface area contributed by atoms with Gasteiger partial charge in [-0.2, -0.15) is 0 Å². The van der Waals surface area contributed by atoms with Crippen molar-refractivity contribution in [2.45, 2.75) is 31.2 Å². The molecule has 0 aliphatic heterocycles. The zero-order chi connectivity index (χ0) is 20.4. The van der Waals surface area contributed by atoms with Gasteiger partial charge in [0.15, 0.2) is 0 Å². The molecule has 0 unspecified atom stereocenters. The molecule has 0 atom stereocenters. The third-order valence-electron chi connectivity index (χ3n) is 3.26. The maximum Gasteiger partial charge on any atom is 0.283 e. The summed E-state index contributed by atoms with van der Waals surface area (Å²) in [5.41, 5.74) is -0.929. The van der Waals surface area contributed by atoms with Gasteiger partial charge in [-0.05, 0) is 57.2 Å². The van der Waals surface area contributed by atoms with Crippen molar-refractivity contribution in [3.63, 3.8) is 0 Å². The molecule has 0 radical (unpaired) electrons. The van der Waals surface area contributed by atoms with E-state index in [1.807, 2.05) is 0 Å². The Hall–Kier alpha value is -2.49. The van der Waals surface area contributed by atoms with Gasteiger partial charge in [0.1, 0.15) is 5.56 Å². The second-order valence-electron chi connectivity index (χ2n) is 6.75. The summed E-state index contributed by atoms with van der Waals surface area (Å²) >= 11 is 5.73. The van der Waals surface area contributed by atoms with Crippen LogP contribution in [0.15, 0.2) is 47.4 Å². The number of amides is 1. The Bertz CT molecular complexity index is 983. The summed E-state index contributed by atoms with van der Waals surface area (Å²) in [6, 6.07) is 9.18. The van der Waals surface area contributed by atoms with Crippen LogP contribution in [0.3, 0.4) is 0 Å². The number of nitro benzene ring substituents is 1. The van der Waals surface area contributed by atoms with Gasteiger partial charge in [-0.1, -0.05) is 11.6 Å². The highest BCUT2D eigenvalue weighted by Gasteiger charge is 2.23. The molecular formula is C17H18ClN3O5S. The van der Waals surface area contributed by atoms with Crippen molar-refractivity contribution < 1.29 is 18.1 Å². The quantitative estimate of drug-likeness (QED) is 0.575. The van der Waals surface area contributed by atoms with E-state index < -0.39 is 32.1 Å². The summed E-state index contributed by atoms with van der Waals surface area (Å²) in [5.74, 6) is -0.707. The molecule has 0 saturated carbocycles. The summed E-state index contributed by atoms with van der Waals surface area (Å²) in [7, 11) is -3.70. The largest absolute Gasteiger partial charge is 0.322 e. The number of anilines is 1. The van der Waals surface area contributed by atoms with E-state index in [2.05, 4.69) is 10.0 Å². The molecule has 0 fully saturated rings. The lowest BCUT2D eigenvalue weighted by atomic mass is 10.1. The van der Waals surface area contributed by atoms with Crippen LogP contribution in [0, 0.1) is 10.1 Å². The Balaban J connectivity index is 2.23. The molecule has 0 spiro atoms. The number of sulfonamides is 1. The first kappa shape index (κ1) is 20.8. The monoisotopic (exact) mass is 411 g/mol. The third-order valence-corrected chi connectivity index (χ3v) is 5.27. The minimum Gasteiger partial charge on any atom is -0.322 e. The van der Waals surface area contributed by atoms with Gasteiger partial charge < -0.3 is 5.32 Å². The fourth-order valence-electron chi connectivity index (χ4n) is 2.23. The molecule has 2 aromatic carbocycles. The SMILES string of the molecule is CC(C)(C)NS(=O)(=O)c1ccc(NC(=O)c2ccc(Cl)cc2[N+](=O)[O-])cc1.